The van der Waals surface area contributed by atoms with Crippen LogP contribution < -0.4 is 14.8 Å². The molecule has 1 aromatic heterocycles. The van der Waals surface area contributed by atoms with E-state index in [0.717, 1.165) is 11.4 Å². The van der Waals surface area contributed by atoms with Crippen LogP contribution in [0.4, 0.5) is 5.69 Å². The van der Waals surface area contributed by atoms with Gasteiger partial charge in [0.2, 0.25) is 5.91 Å². The quantitative estimate of drug-likeness (QED) is 0.338. The molecule has 0 aliphatic rings. The summed E-state index contributed by atoms with van der Waals surface area (Å²) in [7, 11) is 1.61. The number of carbonyl (C=O) groups is 1. The zero-order chi connectivity index (χ0) is 24.6. The second-order valence-corrected chi connectivity index (χ2v) is 8.78. The van der Waals surface area contributed by atoms with Gasteiger partial charge in [-0.15, -0.1) is 10.2 Å². The lowest BCUT2D eigenvalue weighted by Gasteiger charge is -2.14. The van der Waals surface area contributed by atoms with Crippen molar-refractivity contribution < 1.29 is 14.3 Å². The molecular weight excluding hydrogens is 462 g/mol. The van der Waals surface area contributed by atoms with Gasteiger partial charge in [0.1, 0.15) is 18.1 Å². The lowest BCUT2D eigenvalue weighted by atomic mass is 10.2. The van der Waals surface area contributed by atoms with Crippen LogP contribution in [0.15, 0.2) is 84.0 Å². The molecule has 0 spiro atoms. The maximum Gasteiger partial charge on any atom is 0.237 e. The molecule has 0 radical (unpaired) electrons. The van der Waals surface area contributed by atoms with E-state index in [1.165, 1.54) is 11.8 Å². The van der Waals surface area contributed by atoms with Gasteiger partial charge in [-0.3, -0.25) is 9.36 Å². The van der Waals surface area contributed by atoms with Crippen LogP contribution in [-0.4, -0.2) is 33.0 Å². The van der Waals surface area contributed by atoms with Crippen LogP contribution in [0.3, 0.4) is 0 Å². The molecule has 0 unspecified atom stereocenters. The van der Waals surface area contributed by atoms with Gasteiger partial charge in [0.05, 0.1) is 24.0 Å². The van der Waals surface area contributed by atoms with Crippen molar-refractivity contribution in [3.8, 4) is 23.3 Å². The summed E-state index contributed by atoms with van der Waals surface area (Å²) in [6.07, 6.45) is 0. The number of carbonyl (C=O) groups excluding carboxylic acids is 1. The van der Waals surface area contributed by atoms with Crippen LogP contribution in [0.1, 0.15) is 18.3 Å². The van der Waals surface area contributed by atoms with Crippen LogP contribution in [0, 0.1) is 11.3 Å². The third kappa shape index (κ3) is 5.99. The monoisotopic (exact) mass is 485 g/mol. The minimum atomic E-state index is -0.451. The van der Waals surface area contributed by atoms with Gasteiger partial charge in [0.15, 0.2) is 11.0 Å². The molecule has 0 aliphatic heterocycles. The number of nitrogens with one attached hydrogen (secondary N) is 1. The average Bonchev–Trinajstić information content (AvgIpc) is 3.30. The number of benzene rings is 3. The van der Waals surface area contributed by atoms with Crippen molar-refractivity contribution in [1.82, 2.24) is 14.8 Å². The Hall–Kier alpha value is -4.29. The zero-order valence-electron chi connectivity index (χ0n) is 19.2. The Balaban J connectivity index is 1.50. The van der Waals surface area contributed by atoms with Crippen LogP contribution in [0.5, 0.6) is 11.5 Å². The molecule has 176 valence electrons. The number of amides is 1. The Morgan fingerprint density at radius 3 is 2.37 bits per heavy atom. The van der Waals surface area contributed by atoms with Crippen molar-refractivity contribution in [1.29, 1.82) is 5.26 Å². The van der Waals surface area contributed by atoms with E-state index in [0.29, 0.717) is 28.0 Å². The Bertz CT molecular complexity index is 1320. The Labute approximate surface area is 207 Å². The second kappa shape index (κ2) is 11.2. The second-order valence-electron chi connectivity index (χ2n) is 7.47. The first-order valence-corrected chi connectivity index (χ1v) is 11.7. The first-order valence-electron chi connectivity index (χ1n) is 10.8. The van der Waals surface area contributed by atoms with Gasteiger partial charge in [-0.05, 0) is 67.6 Å². The standard InChI is InChI=1S/C26H23N5O3S/c1-18(25(32)28-20-10-8-19(16-27)9-11-20)35-26-30-29-24(31(26)21-6-4-3-5-7-21)17-34-23-14-12-22(33-2)13-15-23/h3-15,18H,17H2,1-2H3,(H,28,32)/t18-/m0/s1. The predicted molar refractivity (Wildman–Crippen MR) is 134 cm³/mol. The number of nitrogens with zero attached hydrogens (tertiary/aromatic N) is 4. The largest absolute Gasteiger partial charge is 0.497 e. The lowest BCUT2D eigenvalue weighted by Crippen LogP contribution is -2.23. The maximum atomic E-state index is 12.8. The third-order valence-corrected chi connectivity index (χ3v) is 6.12. The molecule has 0 fully saturated rings. The number of anilines is 1. The number of thioether (sulfide) groups is 1. The molecule has 1 atom stereocenters. The van der Waals surface area contributed by atoms with Crippen molar-refractivity contribution >= 4 is 23.4 Å². The summed E-state index contributed by atoms with van der Waals surface area (Å²) in [4.78, 5) is 12.8. The minimum Gasteiger partial charge on any atom is -0.497 e. The molecule has 1 N–H and O–H groups in total. The average molecular weight is 486 g/mol. The highest BCUT2D eigenvalue weighted by atomic mass is 32.2. The number of ether oxygens (including phenoxy) is 2. The molecule has 3 aromatic carbocycles. The number of rotatable bonds is 9. The van der Waals surface area contributed by atoms with Gasteiger partial charge in [-0.25, -0.2) is 0 Å². The molecule has 4 aromatic rings. The SMILES string of the molecule is COc1ccc(OCc2nnc(S[C@@H](C)C(=O)Nc3ccc(C#N)cc3)n2-c2ccccc2)cc1. The van der Waals surface area contributed by atoms with E-state index in [9.17, 15) is 4.79 Å². The van der Waals surface area contributed by atoms with E-state index < -0.39 is 5.25 Å². The number of hydrogen-bond donors (Lipinski definition) is 1. The van der Waals surface area contributed by atoms with E-state index in [-0.39, 0.29) is 12.5 Å². The summed E-state index contributed by atoms with van der Waals surface area (Å²) in [5, 5.41) is 20.6. The van der Waals surface area contributed by atoms with Crippen LogP contribution in [0.2, 0.25) is 0 Å². The van der Waals surface area contributed by atoms with E-state index in [4.69, 9.17) is 14.7 Å². The van der Waals surface area contributed by atoms with Crippen LogP contribution in [0.25, 0.3) is 5.69 Å². The fourth-order valence-corrected chi connectivity index (χ4v) is 4.10. The molecule has 1 amide bonds. The topological polar surface area (TPSA) is 102 Å². The van der Waals surface area contributed by atoms with Gasteiger partial charge in [-0.1, -0.05) is 30.0 Å². The summed E-state index contributed by atoms with van der Waals surface area (Å²) < 4.78 is 13.0. The molecule has 0 bridgehead atoms. The first-order chi connectivity index (χ1) is 17.1. The number of methoxy groups -OCH3 is 1. The predicted octanol–water partition coefficient (Wildman–Crippen LogP) is 4.85. The highest BCUT2D eigenvalue weighted by Crippen LogP contribution is 2.27. The summed E-state index contributed by atoms with van der Waals surface area (Å²) >= 11 is 1.30. The summed E-state index contributed by atoms with van der Waals surface area (Å²) in [6.45, 7) is 2.00. The molecule has 4 rings (SSSR count). The molecule has 0 aliphatic carbocycles. The highest BCUT2D eigenvalue weighted by molar-refractivity contribution is 8.00. The van der Waals surface area contributed by atoms with E-state index in [1.807, 2.05) is 59.2 Å². The first kappa shape index (κ1) is 23.9. The number of para-hydroxylation sites is 1. The Morgan fingerprint density at radius 2 is 1.71 bits per heavy atom. The molecule has 0 saturated carbocycles. The van der Waals surface area contributed by atoms with E-state index in [1.54, 1.807) is 38.3 Å². The number of aromatic nitrogens is 3. The van der Waals surface area contributed by atoms with E-state index >= 15 is 0 Å². The Morgan fingerprint density at radius 1 is 1.03 bits per heavy atom. The number of hydrogen-bond acceptors (Lipinski definition) is 7. The Kier molecular flexibility index (Phi) is 7.65. The molecule has 0 saturated heterocycles. The van der Waals surface area contributed by atoms with Crippen LogP contribution >= 0.6 is 11.8 Å². The molecular formula is C26H23N5O3S. The molecule has 8 nitrogen and oxygen atoms in total. The fraction of sp³-hybridized carbons (Fsp3) is 0.154. The van der Waals surface area contributed by atoms with Crippen molar-refractivity contribution in [2.75, 3.05) is 12.4 Å². The van der Waals surface area contributed by atoms with Gasteiger partial charge in [0, 0.05) is 11.4 Å². The van der Waals surface area contributed by atoms with Crippen LogP contribution in [-0.2, 0) is 11.4 Å². The van der Waals surface area contributed by atoms with Gasteiger partial charge in [-0.2, -0.15) is 5.26 Å². The zero-order valence-corrected chi connectivity index (χ0v) is 20.0. The molecule has 35 heavy (non-hydrogen) atoms. The smallest absolute Gasteiger partial charge is 0.237 e. The maximum absolute atomic E-state index is 12.8. The number of nitriles is 1. The summed E-state index contributed by atoms with van der Waals surface area (Å²) in [6, 6.07) is 25.8. The van der Waals surface area contributed by atoms with Crippen molar-refractivity contribution in [2.45, 2.75) is 23.9 Å². The van der Waals surface area contributed by atoms with Gasteiger partial charge < -0.3 is 14.8 Å². The van der Waals surface area contributed by atoms with Crippen molar-refractivity contribution in [3.05, 3.63) is 90.3 Å². The lowest BCUT2D eigenvalue weighted by molar-refractivity contribution is -0.115. The van der Waals surface area contributed by atoms with Crippen molar-refractivity contribution in [2.24, 2.45) is 0 Å². The normalized spacial score (nSPS) is 11.3. The minimum absolute atomic E-state index is 0.182. The summed E-state index contributed by atoms with van der Waals surface area (Å²) in [5.41, 5.74) is 2.03. The molecule has 9 heteroatoms. The summed E-state index contributed by atoms with van der Waals surface area (Å²) in [5.74, 6) is 1.85. The molecule has 1 heterocycles. The van der Waals surface area contributed by atoms with E-state index in [2.05, 4.69) is 21.6 Å². The highest BCUT2D eigenvalue weighted by Gasteiger charge is 2.21. The van der Waals surface area contributed by atoms with Gasteiger partial charge >= 0.3 is 0 Å². The third-order valence-electron chi connectivity index (χ3n) is 5.08. The van der Waals surface area contributed by atoms with Crippen molar-refractivity contribution in [3.63, 3.8) is 0 Å². The van der Waals surface area contributed by atoms with Gasteiger partial charge in [0.25, 0.3) is 0 Å². The fourth-order valence-electron chi connectivity index (χ4n) is 3.21.